The van der Waals surface area contributed by atoms with Gasteiger partial charge in [-0.3, -0.25) is 9.88 Å². The number of benzene rings is 1. The second-order valence-corrected chi connectivity index (χ2v) is 6.90. The fourth-order valence-corrected chi connectivity index (χ4v) is 3.25. The van der Waals surface area contributed by atoms with Gasteiger partial charge in [-0.1, -0.05) is 12.1 Å². The molecule has 0 saturated carbocycles. The minimum atomic E-state index is -1.69. The van der Waals surface area contributed by atoms with E-state index in [0.717, 1.165) is 29.9 Å². The molecule has 0 unspecified atom stereocenters. The third kappa shape index (κ3) is 4.79. The summed E-state index contributed by atoms with van der Waals surface area (Å²) in [6, 6.07) is 8.95. The fraction of sp³-hybridized carbons (Fsp3) is 0.300. The number of aliphatic hydroxyl groups excluding tert-OH is 1. The summed E-state index contributed by atoms with van der Waals surface area (Å²) in [5.41, 5.74) is 1.15. The predicted octanol–water partition coefficient (Wildman–Crippen LogP) is 1.23. The number of nitrogens with zero attached hydrogens (tertiary/aromatic N) is 6. The van der Waals surface area contributed by atoms with Gasteiger partial charge in [0.05, 0.1) is 6.20 Å². The van der Waals surface area contributed by atoms with Crippen molar-refractivity contribution < 1.29 is 19.7 Å². The van der Waals surface area contributed by atoms with E-state index in [2.05, 4.69) is 20.0 Å². The molecule has 0 bridgehead atoms. The Morgan fingerprint density at radius 1 is 1.13 bits per heavy atom. The molecule has 0 spiro atoms. The van der Waals surface area contributed by atoms with Gasteiger partial charge in [0.2, 0.25) is 5.88 Å². The molecule has 0 aliphatic carbocycles. The SMILES string of the molecule is O=C(N1CCN(Cc2cccc(Oc3cnccn3)c2)CC1)n1ccc(C(O)O)n1. The number of aromatic nitrogens is 4. The van der Waals surface area contributed by atoms with Crippen molar-refractivity contribution >= 4 is 6.03 Å². The molecule has 4 rings (SSSR count). The van der Waals surface area contributed by atoms with E-state index >= 15 is 0 Å². The van der Waals surface area contributed by atoms with Crippen LogP contribution in [0.4, 0.5) is 4.79 Å². The van der Waals surface area contributed by atoms with E-state index in [1.165, 1.54) is 12.3 Å². The second-order valence-electron chi connectivity index (χ2n) is 6.90. The van der Waals surface area contributed by atoms with Gasteiger partial charge in [-0.2, -0.15) is 9.78 Å². The molecule has 156 valence electrons. The standard InChI is InChI=1S/C20H22N6O4/c27-19(28)17-4-7-26(23-17)20(29)25-10-8-24(9-11-25)14-15-2-1-3-16(12-15)30-18-13-21-5-6-22-18/h1-7,12-13,19,27-28H,8-11,14H2. The maximum Gasteiger partial charge on any atom is 0.344 e. The van der Waals surface area contributed by atoms with Gasteiger partial charge in [-0.25, -0.2) is 9.78 Å². The van der Waals surface area contributed by atoms with Crippen LogP contribution in [0.1, 0.15) is 17.5 Å². The molecule has 3 aromatic rings. The van der Waals surface area contributed by atoms with Crippen molar-refractivity contribution in [1.29, 1.82) is 0 Å². The molecule has 1 amide bonds. The summed E-state index contributed by atoms with van der Waals surface area (Å²) < 4.78 is 6.87. The van der Waals surface area contributed by atoms with Gasteiger partial charge < -0.3 is 19.8 Å². The molecule has 1 aliphatic rings. The Labute approximate surface area is 173 Å². The molecule has 10 nitrogen and oxygen atoms in total. The van der Waals surface area contributed by atoms with Gasteiger partial charge >= 0.3 is 6.03 Å². The molecule has 2 N–H and O–H groups in total. The van der Waals surface area contributed by atoms with E-state index in [1.54, 1.807) is 23.5 Å². The highest BCUT2D eigenvalue weighted by atomic mass is 16.5. The number of ether oxygens (including phenoxy) is 1. The quantitative estimate of drug-likeness (QED) is 0.604. The number of carbonyl (C=O) groups excluding carboxylic acids is 1. The predicted molar refractivity (Wildman–Crippen MR) is 106 cm³/mol. The van der Waals surface area contributed by atoms with E-state index in [9.17, 15) is 4.79 Å². The zero-order valence-corrected chi connectivity index (χ0v) is 16.2. The third-order valence-corrected chi connectivity index (χ3v) is 4.78. The summed E-state index contributed by atoms with van der Waals surface area (Å²) in [6.45, 7) is 3.30. The normalized spacial score (nSPS) is 14.8. The summed E-state index contributed by atoms with van der Waals surface area (Å²) in [7, 11) is 0. The van der Waals surface area contributed by atoms with Crippen LogP contribution in [0.25, 0.3) is 0 Å². The lowest BCUT2D eigenvalue weighted by Gasteiger charge is -2.34. The highest BCUT2D eigenvalue weighted by Gasteiger charge is 2.23. The molecule has 10 heteroatoms. The van der Waals surface area contributed by atoms with Crippen LogP contribution in [0.3, 0.4) is 0 Å². The van der Waals surface area contributed by atoms with Gasteiger partial charge in [-0.05, 0) is 23.8 Å². The summed E-state index contributed by atoms with van der Waals surface area (Å²) in [6.07, 6.45) is 4.48. The third-order valence-electron chi connectivity index (χ3n) is 4.78. The fourth-order valence-electron chi connectivity index (χ4n) is 3.25. The number of aliphatic hydroxyl groups is 2. The molecule has 1 aromatic carbocycles. The molecular formula is C20H22N6O4. The average molecular weight is 410 g/mol. The Hall–Kier alpha value is -3.34. The van der Waals surface area contributed by atoms with Crippen molar-refractivity contribution in [1.82, 2.24) is 29.5 Å². The Balaban J connectivity index is 1.31. The van der Waals surface area contributed by atoms with Gasteiger partial charge in [-0.15, -0.1) is 0 Å². The van der Waals surface area contributed by atoms with E-state index in [-0.39, 0.29) is 11.7 Å². The van der Waals surface area contributed by atoms with Crippen molar-refractivity contribution in [3.63, 3.8) is 0 Å². The van der Waals surface area contributed by atoms with Crippen LogP contribution < -0.4 is 4.74 Å². The zero-order valence-electron chi connectivity index (χ0n) is 16.2. The van der Waals surface area contributed by atoms with Crippen LogP contribution in [-0.4, -0.2) is 72.0 Å². The maximum absolute atomic E-state index is 12.5. The second kappa shape index (κ2) is 8.99. The van der Waals surface area contributed by atoms with E-state index in [0.29, 0.717) is 24.7 Å². The number of amides is 1. The van der Waals surface area contributed by atoms with Crippen LogP contribution in [0, 0.1) is 0 Å². The van der Waals surface area contributed by atoms with Crippen LogP contribution in [0.15, 0.2) is 55.1 Å². The minimum absolute atomic E-state index is 0.0468. The smallest absolute Gasteiger partial charge is 0.344 e. The Morgan fingerprint density at radius 2 is 1.97 bits per heavy atom. The van der Waals surface area contributed by atoms with Gasteiger partial charge in [0.15, 0.2) is 6.29 Å². The first-order valence-electron chi connectivity index (χ1n) is 9.54. The van der Waals surface area contributed by atoms with Crippen LogP contribution in [0.5, 0.6) is 11.6 Å². The molecule has 0 atom stereocenters. The van der Waals surface area contributed by atoms with Crippen LogP contribution in [0.2, 0.25) is 0 Å². The van der Waals surface area contributed by atoms with Crippen molar-refractivity contribution in [2.45, 2.75) is 12.8 Å². The maximum atomic E-state index is 12.5. The summed E-state index contributed by atoms with van der Waals surface area (Å²) in [5, 5.41) is 22.2. The lowest BCUT2D eigenvalue weighted by molar-refractivity contribution is -0.0460. The number of hydrogen-bond donors (Lipinski definition) is 2. The molecule has 0 radical (unpaired) electrons. The van der Waals surface area contributed by atoms with E-state index < -0.39 is 6.29 Å². The first-order chi connectivity index (χ1) is 14.6. The molecule has 1 saturated heterocycles. The molecule has 1 aliphatic heterocycles. The van der Waals surface area contributed by atoms with Gasteiger partial charge in [0.1, 0.15) is 11.4 Å². The first-order valence-corrected chi connectivity index (χ1v) is 9.54. The van der Waals surface area contributed by atoms with Crippen molar-refractivity contribution in [2.24, 2.45) is 0 Å². The number of piperazine rings is 1. The Bertz CT molecular complexity index is 986. The lowest BCUT2D eigenvalue weighted by atomic mass is 10.2. The topological polar surface area (TPSA) is 117 Å². The summed E-state index contributed by atoms with van der Waals surface area (Å²) in [5.74, 6) is 1.14. The van der Waals surface area contributed by atoms with Crippen LogP contribution in [-0.2, 0) is 6.54 Å². The molecular weight excluding hydrogens is 388 g/mol. The van der Waals surface area contributed by atoms with Gasteiger partial charge in [0, 0.05) is 51.3 Å². The Kier molecular flexibility index (Phi) is 5.98. The number of carbonyl (C=O) groups is 1. The summed E-state index contributed by atoms with van der Waals surface area (Å²) >= 11 is 0. The van der Waals surface area contributed by atoms with Crippen molar-refractivity contribution in [3.8, 4) is 11.6 Å². The highest BCUT2D eigenvalue weighted by molar-refractivity contribution is 5.76. The van der Waals surface area contributed by atoms with Crippen molar-refractivity contribution in [3.05, 3.63) is 66.4 Å². The van der Waals surface area contributed by atoms with E-state index in [4.69, 9.17) is 14.9 Å². The monoisotopic (exact) mass is 410 g/mol. The molecule has 30 heavy (non-hydrogen) atoms. The Morgan fingerprint density at radius 3 is 2.67 bits per heavy atom. The lowest BCUT2D eigenvalue weighted by Crippen LogP contribution is -2.49. The molecule has 3 heterocycles. The molecule has 1 fully saturated rings. The average Bonchev–Trinajstić information content (AvgIpc) is 3.26. The molecule has 2 aromatic heterocycles. The highest BCUT2D eigenvalue weighted by Crippen LogP contribution is 2.21. The largest absolute Gasteiger partial charge is 0.437 e. The van der Waals surface area contributed by atoms with Gasteiger partial charge in [0.25, 0.3) is 0 Å². The zero-order chi connectivity index (χ0) is 20.9. The first kappa shape index (κ1) is 20.0. The summed E-state index contributed by atoms with van der Waals surface area (Å²) in [4.78, 5) is 24.6. The van der Waals surface area contributed by atoms with E-state index in [1.807, 2.05) is 24.3 Å². The minimum Gasteiger partial charge on any atom is -0.437 e. The van der Waals surface area contributed by atoms with Crippen LogP contribution >= 0.6 is 0 Å². The van der Waals surface area contributed by atoms with Crippen molar-refractivity contribution in [2.75, 3.05) is 26.2 Å². The number of hydrogen-bond acceptors (Lipinski definition) is 8. The number of rotatable bonds is 5.